The number of fused-ring (bicyclic) bond motifs is 1. The number of anilines is 1. The molecule has 0 saturated heterocycles. The zero-order valence-electron chi connectivity index (χ0n) is 15.4. The van der Waals surface area contributed by atoms with Crippen molar-refractivity contribution < 1.29 is 18.0 Å². The van der Waals surface area contributed by atoms with Crippen LogP contribution in [-0.4, -0.2) is 35.9 Å². The molecule has 1 aliphatic rings. The fourth-order valence-corrected chi connectivity index (χ4v) is 6.14. The number of nitrogens with zero attached hydrogens (tertiary/aromatic N) is 2. The summed E-state index contributed by atoms with van der Waals surface area (Å²) in [5.41, 5.74) is 1.29. The summed E-state index contributed by atoms with van der Waals surface area (Å²) >= 11 is 2.64. The number of thiophene rings is 1. The van der Waals surface area contributed by atoms with Crippen molar-refractivity contribution in [1.29, 1.82) is 0 Å². The second-order valence-corrected chi connectivity index (χ2v) is 10.5. The Morgan fingerprint density at radius 1 is 1.17 bits per heavy atom. The van der Waals surface area contributed by atoms with Gasteiger partial charge in [-0.2, -0.15) is 4.31 Å². The molecule has 0 spiro atoms. The van der Waals surface area contributed by atoms with E-state index >= 15 is 0 Å². The van der Waals surface area contributed by atoms with E-state index in [0.29, 0.717) is 28.5 Å². The number of hydrogen-bond donors (Lipinski definition) is 1. The minimum absolute atomic E-state index is 0.113. The lowest BCUT2D eigenvalue weighted by molar-refractivity contribution is 0.101. The normalized spacial score (nSPS) is 14.4. The minimum Gasteiger partial charge on any atom is -0.297 e. The van der Waals surface area contributed by atoms with Gasteiger partial charge in [-0.3, -0.25) is 14.9 Å². The first-order valence-corrected chi connectivity index (χ1v) is 11.9. The van der Waals surface area contributed by atoms with Crippen molar-refractivity contribution in [2.45, 2.75) is 24.8 Å². The number of thiazole rings is 1. The fraction of sp³-hybridized carbons (Fsp3) is 0.211. The first-order chi connectivity index (χ1) is 13.8. The molecule has 3 aromatic rings. The van der Waals surface area contributed by atoms with Crippen molar-refractivity contribution in [3.05, 3.63) is 62.8 Å². The van der Waals surface area contributed by atoms with Gasteiger partial charge in [0.15, 0.2) is 10.9 Å². The van der Waals surface area contributed by atoms with Gasteiger partial charge in [0, 0.05) is 23.4 Å². The lowest BCUT2D eigenvalue weighted by Gasteiger charge is -2.25. The van der Waals surface area contributed by atoms with Gasteiger partial charge in [-0.15, -0.1) is 22.7 Å². The van der Waals surface area contributed by atoms with E-state index in [0.717, 1.165) is 10.6 Å². The van der Waals surface area contributed by atoms with Crippen LogP contribution < -0.4 is 5.32 Å². The van der Waals surface area contributed by atoms with Gasteiger partial charge in [0.1, 0.15) is 0 Å². The molecule has 2 aromatic heterocycles. The van der Waals surface area contributed by atoms with Gasteiger partial charge in [0.05, 0.1) is 22.0 Å². The summed E-state index contributed by atoms with van der Waals surface area (Å²) in [6, 6.07) is 9.50. The number of nitrogens with one attached hydrogen (secondary N) is 1. The van der Waals surface area contributed by atoms with Crippen LogP contribution in [0.25, 0.3) is 0 Å². The second kappa shape index (κ2) is 7.79. The number of aromatic nitrogens is 1. The van der Waals surface area contributed by atoms with Crippen LogP contribution in [-0.2, 0) is 23.0 Å². The van der Waals surface area contributed by atoms with E-state index in [1.807, 2.05) is 5.38 Å². The lowest BCUT2D eigenvalue weighted by Crippen LogP contribution is -2.35. The fourth-order valence-electron chi connectivity index (χ4n) is 3.01. The molecule has 0 atom stereocenters. The predicted octanol–water partition coefficient (Wildman–Crippen LogP) is 3.41. The van der Waals surface area contributed by atoms with Crippen molar-refractivity contribution in [2.24, 2.45) is 0 Å². The van der Waals surface area contributed by atoms with E-state index < -0.39 is 10.0 Å². The van der Waals surface area contributed by atoms with E-state index in [1.54, 1.807) is 12.1 Å². The van der Waals surface area contributed by atoms with Crippen LogP contribution in [0, 0.1) is 0 Å². The highest BCUT2D eigenvalue weighted by molar-refractivity contribution is 7.89. The summed E-state index contributed by atoms with van der Waals surface area (Å²) in [7, 11) is -3.68. The Morgan fingerprint density at radius 3 is 2.59 bits per heavy atom. The van der Waals surface area contributed by atoms with Crippen molar-refractivity contribution >= 4 is 49.5 Å². The van der Waals surface area contributed by atoms with Crippen LogP contribution in [0.5, 0.6) is 0 Å². The molecule has 0 aliphatic carbocycles. The molecule has 1 aliphatic heterocycles. The maximum atomic E-state index is 13.0. The molecule has 0 saturated carbocycles. The first-order valence-electron chi connectivity index (χ1n) is 8.79. The number of hydrogen-bond acceptors (Lipinski definition) is 7. The molecular formula is C19H17N3O4S3. The van der Waals surface area contributed by atoms with Gasteiger partial charge < -0.3 is 0 Å². The van der Waals surface area contributed by atoms with Crippen molar-refractivity contribution in [1.82, 2.24) is 9.29 Å². The molecule has 1 amide bonds. The van der Waals surface area contributed by atoms with Crippen LogP contribution in [0.1, 0.15) is 37.5 Å². The maximum absolute atomic E-state index is 13.0. The molecule has 0 unspecified atom stereocenters. The Morgan fingerprint density at radius 2 is 1.93 bits per heavy atom. The number of carbonyl (C=O) groups is 2. The van der Waals surface area contributed by atoms with Gasteiger partial charge in [0.25, 0.3) is 5.91 Å². The van der Waals surface area contributed by atoms with Gasteiger partial charge >= 0.3 is 0 Å². The predicted molar refractivity (Wildman–Crippen MR) is 112 cm³/mol. The molecule has 150 valence electrons. The highest BCUT2D eigenvalue weighted by Gasteiger charge is 2.30. The third-order valence-electron chi connectivity index (χ3n) is 4.56. The topological polar surface area (TPSA) is 96.4 Å². The number of Topliss-reactive ketones (excluding diaryl/α,β-unsaturated/α-hetero) is 1. The van der Waals surface area contributed by atoms with E-state index in [1.165, 1.54) is 58.2 Å². The number of sulfonamides is 1. The third kappa shape index (κ3) is 4.01. The Kier molecular flexibility index (Phi) is 5.34. The first kappa shape index (κ1) is 19.9. The van der Waals surface area contributed by atoms with Crippen LogP contribution in [0.4, 0.5) is 5.13 Å². The van der Waals surface area contributed by atoms with Crippen LogP contribution >= 0.6 is 22.7 Å². The van der Waals surface area contributed by atoms with Gasteiger partial charge in [-0.25, -0.2) is 13.4 Å². The molecular weight excluding hydrogens is 430 g/mol. The molecule has 7 nitrogen and oxygen atoms in total. The van der Waals surface area contributed by atoms with Crippen molar-refractivity contribution in [3.8, 4) is 0 Å². The molecule has 3 heterocycles. The van der Waals surface area contributed by atoms with Crippen LogP contribution in [0.3, 0.4) is 0 Å². The molecule has 0 fully saturated rings. The molecule has 1 N–H and O–H groups in total. The number of carbonyl (C=O) groups excluding carboxylic acids is 2. The molecule has 10 heteroatoms. The van der Waals surface area contributed by atoms with Gasteiger partial charge in [-0.05, 0) is 30.5 Å². The molecule has 0 bridgehead atoms. The Balaban J connectivity index is 1.51. The Hall–Kier alpha value is -2.40. The zero-order chi connectivity index (χ0) is 20.6. The smallest absolute Gasteiger partial charge is 0.267 e. The monoisotopic (exact) mass is 447 g/mol. The van der Waals surface area contributed by atoms with E-state index in [9.17, 15) is 18.0 Å². The largest absolute Gasteiger partial charge is 0.297 e. The third-order valence-corrected chi connectivity index (χ3v) is 8.29. The Bertz CT molecular complexity index is 1170. The summed E-state index contributed by atoms with van der Waals surface area (Å²) in [5.74, 6) is -0.334. The van der Waals surface area contributed by atoms with Gasteiger partial charge in [-0.1, -0.05) is 18.2 Å². The van der Waals surface area contributed by atoms with Crippen molar-refractivity contribution in [2.75, 3.05) is 11.9 Å². The summed E-state index contributed by atoms with van der Waals surface area (Å²) in [6.07, 6.45) is 0.478. The number of rotatable bonds is 5. The van der Waals surface area contributed by atoms with E-state index in [-0.39, 0.29) is 23.1 Å². The second-order valence-electron chi connectivity index (χ2n) is 6.49. The quantitative estimate of drug-likeness (QED) is 0.605. The highest BCUT2D eigenvalue weighted by Crippen LogP contribution is 2.31. The molecule has 29 heavy (non-hydrogen) atoms. The van der Waals surface area contributed by atoms with E-state index in [4.69, 9.17) is 0 Å². The average Bonchev–Trinajstić information content (AvgIpc) is 3.37. The van der Waals surface area contributed by atoms with Crippen LogP contribution in [0.15, 0.2) is 46.7 Å². The van der Waals surface area contributed by atoms with Gasteiger partial charge in [0.2, 0.25) is 10.0 Å². The summed E-state index contributed by atoms with van der Waals surface area (Å²) in [6.45, 7) is 1.96. The molecule has 1 aromatic carbocycles. The minimum atomic E-state index is -3.68. The SMILES string of the molecule is CC(=O)c1ccc(S(=O)(=O)N2CCc3nc(NC(=O)c4cccs4)sc3C2)cc1. The number of benzene rings is 1. The van der Waals surface area contributed by atoms with Crippen LogP contribution in [0.2, 0.25) is 0 Å². The standard InChI is InChI=1S/C19H17N3O4S3/c1-12(23)13-4-6-14(7-5-13)29(25,26)22-9-8-15-17(11-22)28-19(20-15)21-18(24)16-3-2-10-27-16/h2-7,10H,8-9,11H2,1H3,(H,20,21,24). The summed E-state index contributed by atoms with van der Waals surface area (Å²) in [5, 5.41) is 5.08. The van der Waals surface area contributed by atoms with E-state index in [2.05, 4.69) is 10.3 Å². The summed E-state index contributed by atoms with van der Waals surface area (Å²) in [4.78, 5) is 29.6. The lowest BCUT2D eigenvalue weighted by atomic mass is 10.2. The number of amides is 1. The maximum Gasteiger partial charge on any atom is 0.267 e. The summed E-state index contributed by atoms with van der Waals surface area (Å²) < 4.78 is 27.4. The van der Waals surface area contributed by atoms with Crippen molar-refractivity contribution in [3.63, 3.8) is 0 Å². The average molecular weight is 448 g/mol. The Labute approximate surface area is 176 Å². The number of ketones is 1. The molecule has 4 rings (SSSR count). The highest BCUT2D eigenvalue weighted by atomic mass is 32.2. The molecule has 0 radical (unpaired) electrons. The zero-order valence-corrected chi connectivity index (χ0v) is 17.9.